The van der Waals surface area contributed by atoms with Crippen molar-refractivity contribution in [2.75, 3.05) is 16.9 Å². The predicted molar refractivity (Wildman–Crippen MR) is 58.0 cm³/mol. The van der Waals surface area contributed by atoms with E-state index >= 15 is 0 Å². The van der Waals surface area contributed by atoms with Crippen LogP contribution in [0.25, 0.3) is 0 Å². The number of nitrogen functional groups attached to an aromatic ring is 1. The van der Waals surface area contributed by atoms with Crippen molar-refractivity contribution in [3.63, 3.8) is 0 Å². The average molecular weight is 228 g/mol. The van der Waals surface area contributed by atoms with Gasteiger partial charge in [0.2, 0.25) is 0 Å². The monoisotopic (exact) mass is 228 g/mol. The quantitative estimate of drug-likeness (QED) is 0.607. The molecule has 1 fully saturated rings. The zero-order valence-corrected chi connectivity index (χ0v) is 9.00. The van der Waals surface area contributed by atoms with Gasteiger partial charge < -0.3 is 10.3 Å². The summed E-state index contributed by atoms with van der Waals surface area (Å²) in [5, 5.41) is 0. The second kappa shape index (κ2) is 4.21. The summed E-state index contributed by atoms with van der Waals surface area (Å²) < 4.78 is 26.7. The maximum Gasteiger partial charge on any atom is 0.178 e. The summed E-state index contributed by atoms with van der Waals surface area (Å²) in [5.41, 5.74) is 2.12. The second-order valence-corrected chi connectivity index (χ2v) is 3.79. The highest BCUT2D eigenvalue weighted by Crippen LogP contribution is 2.32. The van der Waals surface area contributed by atoms with Crippen molar-refractivity contribution in [2.24, 2.45) is 5.84 Å². The molecule has 6 heteroatoms. The van der Waals surface area contributed by atoms with Crippen LogP contribution in [-0.2, 0) is 0 Å². The molecule has 4 nitrogen and oxygen atoms in total. The lowest BCUT2D eigenvalue weighted by atomic mass is 10.3. The van der Waals surface area contributed by atoms with Gasteiger partial charge in [-0.15, -0.1) is 0 Å². The Morgan fingerprint density at radius 1 is 1.50 bits per heavy atom. The summed E-state index contributed by atoms with van der Waals surface area (Å²) >= 11 is 0. The van der Waals surface area contributed by atoms with Crippen molar-refractivity contribution in [3.8, 4) is 0 Å². The van der Waals surface area contributed by atoms with E-state index in [4.69, 9.17) is 5.84 Å². The molecular weight excluding hydrogens is 214 g/mol. The first-order valence-electron chi connectivity index (χ1n) is 5.26. The third-order valence-corrected chi connectivity index (χ3v) is 2.65. The minimum Gasteiger partial charge on any atom is -0.351 e. The van der Waals surface area contributed by atoms with Crippen LogP contribution in [-0.4, -0.2) is 17.6 Å². The van der Waals surface area contributed by atoms with E-state index in [1.165, 1.54) is 0 Å². The van der Waals surface area contributed by atoms with E-state index in [0.717, 1.165) is 18.9 Å². The van der Waals surface area contributed by atoms with Crippen molar-refractivity contribution in [2.45, 2.75) is 25.8 Å². The van der Waals surface area contributed by atoms with Gasteiger partial charge in [0.1, 0.15) is 0 Å². The third-order valence-electron chi connectivity index (χ3n) is 2.65. The molecule has 0 amide bonds. The molecule has 0 atom stereocenters. The normalized spacial score (nSPS) is 15.0. The molecule has 1 aromatic rings. The molecule has 0 saturated heterocycles. The Kier molecular flexibility index (Phi) is 2.91. The van der Waals surface area contributed by atoms with E-state index in [9.17, 15) is 8.78 Å². The molecule has 1 aliphatic carbocycles. The van der Waals surface area contributed by atoms with Gasteiger partial charge in [0, 0.05) is 18.7 Å². The van der Waals surface area contributed by atoms with Crippen LogP contribution in [0.4, 0.5) is 20.4 Å². The molecule has 2 rings (SSSR count). The molecule has 1 aliphatic rings. The highest BCUT2D eigenvalue weighted by atomic mass is 19.1. The highest BCUT2D eigenvalue weighted by Gasteiger charge is 2.31. The molecule has 1 heterocycles. The molecular formula is C10H14F2N4. The fraction of sp³-hybridized carbons (Fsp3) is 0.500. The van der Waals surface area contributed by atoms with E-state index in [1.807, 2.05) is 11.8 Å². The van der Waals surface area contributed by atoms with Crippen molar-refractivity contribution >= 4 is 11.6 Å². The van der Waals surface area contributed by atoms with Crippen LogP contribution in [0.3, 0.4) is 0 Å². The third kappa shape index (κ3) is 1.92. The minimum atomic E-state index is -0.782. The van der Waals surface area contributed by atoms with Crippen LogP contribution in [0.15, 0.2) is 6.07 Å². The first-order valence-corrected chi connectivity index (χ1v) is 5.26. The van der Waals surface area contributed by atoms with E-state index < -0.39 is 11.6 Å². The van der Waals surface area contributed by atoms with E-state index in [-0.39, 0.29) is 11.6 Å². The number of hydrazine groups is 1. The van der Waals surface area contributed by atoms with Crippen LogP contribution >= 0.6 is 0 Å². The van der Waals surface area contributed by atoms with Gasteiger partial charge in [0.25, 0.3) is 0 Å². The molecule has 88 valence electrons. The molecule has 0 unspecified atom stereocenters. The van der Waals surface area contributed by atoms with Crippen LogP contribution in [0.1, 0.15) is 19.8 Å². The summed E-state index contributed by atoms with van der Waals surface area (Å²) in [6.07, 6.45) is 2.05. The van der Waals surface area contributed by atoms with E-state index in [0.29, 0.717) is 12.6 Å². The van der Waals surface area contributed by atoms with Crippen molar-refractivity contribution in [1.82, 2.24) is 4.98 Å². The number of anilines is 2. The Labute approximate surface area is 92.4 Å². The van der Waals surface area contributed by atoms with Gasteiger partial charge in [-0.25, -0.2) is 19.6 Å². The Balaban J connectivity index is 2.38. The molecule has 0 aliphatic heterocycles. The first-order chi connectivity index (χ1) is 7.67. The number of nitrogens with zero attached hydrogens (tertiary/aromatic N) is 2. The van der Waals surface area contributed by atoms with Gasteiger partial charge in [-0.1, -0.05) is 0 Å². The van der Waals surface area contributed by atoms with Gasteiger partial charge >= 0.3 is 0 Å². The largest absolute Gasteiger partial charge is 0.351 e. The van der Waals surface area contributed by atoms with Crippen LogP contribution in [0.5, 0.6) is 0 Å². The molecule has 0 spiro atoms. The molecule has 3 N–H and O–H groups in total. The maximum atomic E-state index is 13.6. The lowest BCUT2D eigenvalue weighted by Gasteiger charge is -2.22. The smallest absolute Gasteiger partial charge is 0.178 e. The van der Waals surface area contributed by atoms with Crippen molar-refractivity contribution < 1.29 is 8.78 Å². The van der Waals surface area contributed by atoms with E-state index in [2.05, 4.69) is 10.4 Å². The number of hydrogen-bond donors (Lipinski definition) is 2. The molecule has 16 heavy (non-hydrogen) atoms. The Morgan fingerprint density at radius 3 is 2.69 bits per heavy atom. The molecule has 1 aromatic heterocycles. The Morgan fingerprint density at radius 2 is 2.19 bits per heavy atom. The van der Waals surface area contributed by atoms with Crippen LogP contribution in [0.2, 0.25) is 0 Å². The van der Waals surface area contributed by atoms with E-state index in [1.54, 1.807) is 0 Å². The Bertz CT molecular complexity index is 393. The lowest BCUT2D eigenvalue weighted by molar-refractivity contribution is 0.569. The number of aromatic nitrogens is 1. The molecule has 0 radical (unpaired) electrons. The molecule has 1 saturated carbocycles. The summed E-state index contributed by atoms with van der Waals surface area (Å²) in [5.74, 6) is 3.72. The number of halogens is 2. The topological polar surface area (TPSA) is 54.2 Å². The number of pyridine rings is 1. The number of hydrogen-bond acceptors (Lipinski definition) is 4. The number of rotatable bonds is 4. The zero-order chi connectivity index (χ0) is 11.7. The standard InChI is InChI=1S/C10H14F2N4/c1-2-16(6-3-4-6)10-8(12)5-7(11)9(14-10)15-13/h5-6H,2-4,13H2,1H3,(H,14,15). The minimum absolute atomic E-state index is 0.129. The van der Waals surface area contributed by atoms with Gasteiger partial charge in [-0.2, -0.15) is 0 Å². The lowest BCUT2D eigenvalue weighted by Crippen LogP contribution is -2.28. The van der Waals surface area contributed by atoms with Crippen molar-refractivity contribution in [3.05, 3.63) is 17.7 Å². The SMILES string of the molecule is CCN(c1nc(NN)c(F)cc1F)C1CC1. The first kappa shape index (κ1) is 11.1. The highest BCUT2D eigenvalue weighted by molar-refractivity contribution is 5.50. The van der Waals surface area contributed by atoms with Gasteiger partial charge in [0.05, 0.1) is 0 Å². The van der Waals surface area contributed by atoms with Gasteiger partial charge in [-0.05, 0) is 19.8 Å². The van der Waals surface area contributed by atoms with Crippen LogP contribution in [0, 0.1) is 11.6 Å². The Hall–Kier alpha value is -1.43. The fourth-order valence-corrected chi connectivity index (χ4v) is 1.73. The number of nitrogens with two attached hydrogens (primary N) is 1. The van der Waals surface area contributed by atoms with Gasteiger partial charge in [-0.3, -0.25) is 0 Å². The summed E-state index contributed by atoms with van der Waals surface area (Å²) in [6.45, 7) is 2.56. The molecule has 0 bridgehead atoms. The fourth-order valence-electron chi connectivity index (χ4n) is 1.73. The molecule has 0 aromatic carbocycles. The van der Waals surface area contributed by atoms with Crippen molar-refractivity contribution in [1.29, 1.82) is 0 Å². The van der Waals surface area contributed by atoms with Gasteiger partial charge in [0.15, 0.2) is 23.3 Å². The summed E-state index contributed by atoms with van der Waals surface area (Å²) in [7, 11) is 0. The number of nitrogens with one attached hydrogen (secondary N) is 1. The maximum absolute atomic E-state index is 13.6. The van der Waals surface area contributed by atoms with Crippen LogP contribution < -0.4 is 16.2 Å². The second-order valence-electron chi connectivity index (χ2n) is 3.79. The summed E-state index contributed by atoms with van der Waals surface area (Å²) in [4.78, 5) is 5.69. The zero-order valence-electron chi connectivity index (χ0n) is 9.00. The average Bonchev–Trinajstić information content (AvgIpc) is 3.06. The summed E-state index contributed by atoms with van der Waals surface area (Å²) in [6, 6.07) is 1.13. The predicted octanol–water partition coefficient (Wildman–Crippen LogP) is 1.63.